The summed E-state index contributed by atoms with van der Waals surface area (Å²) in [6.45, 7) is -0.251. The summed E-state index contributed by atoms with van der Waals surface area (Å²) in [7, 11) is -8.64. The largest absolute Gasteiger partial charge is 0.423 e. The molecule has 14 heteroatoms. The number of oxazole rings is 1. The Morgan fingerprint density at radius 1 is 1.06 bits per heavy atom. The molecule has 0 radical (unpaired) electrons. The number of nitrogens with two attached hydrogens (primary N) is 3. The van der Waals surface area contributed by atoms with Crippen molar-refractivity contribution < 1.29 is 21.3 Å². The molecular formula is C17H17N7O5S2. The molecule has 2 heterocycles. The highest BCUT2D eigenvalue weighted by atomic mass is 32.2. The van der Waals surface area contributed by atoms with Gasteiger partial charge in [0.2, 0.25) is 10.0 Å². The molecule has 0 atom stereocenters. The van der Waals surface area contributed by atoms with E-state index in [4.69, 9.17) is 21.0 Å². The summed E-state index contributed by atoms with van der Waals surface area (Å²) in [5.74, 6) is -0.551. The topological polar surface area (TPSA) is 209 Å². The third-order valence-electron chi connectivity index (χ3n) is 4.52. The van der Waals surface area contributed by atoms with Gasteiger partial charge in [0.05, 0.1) is 16.2 Å². The number of para-hydroxylation sites is 1. The Labute approximate surface area is 176 Å². The summed E-state index contributed by atoms with van der Waals surface area (Å²) < 4.78 is 56.3. The van der Waals surface area contributed by atoms with Gasteiger partial charge in [0.15, 0.2) is 27.9 Å². The maximum atomic E-state index is 12.8. The predicted octanol–water partition coefficient (Wildman–Crippen LogP) is 0.627. The minimum absolute atomic E-state index is 0.0436. The summed E-state index contributed by atoms with van der Waals surface area (Å²) in [5, 5.41) is 13.1. The first-order chi connectivity index (χ1) is 14.6. The van der Waals surface area contributed by atoms with Crippen LogP contribution in [0.5, 0.6) is 0 Å². The number of primary sulfonamides is 1. The number of aliphatic imine (C=N–C) groups is 1. The molecule has 0 aliphatic carbocycles. The van der Waals surface area contributed by atoms with Crippen molar-refractivity contribution in [2.24, 2.45) is 26.1 Å². The summed E-state index contributed by atoms with van der Waals surface area (Å²) in [6.07, 6.45) is 0. The fraction of sp³-hybridized carbons (Fsp3) is 0.176. The number of nitrogens with zero attached hydrogens (tertiary/aromatic N) is 4. The van der Waals surface area contributed by atoms with Crippen LogP contribution < -0.4 is 16.6 Å². The Morgan fingerprint density at radius 3 is 2.48 bits per heavy atom. The van der Waals surface area contributed by atoms with E-state index in [1.807, 2.05) is 0 Å². The van der Waals surface area contributed by atoms with Crippen molar-refractivity contribution >= 4 is 42.8 Å². The van der Waals surface area contributed by atoms with E-state index in [2.05, 4.69) is 20.2 Å². The van der Waals surface area contributed by atoms with E-state index in [1.165, 1.54) is 6.07 Å². The number of azo groups is 1. The fourth-order valence-corrected chi connectivity index (χ4v) is 6.09. The third kappa shape index (κ3) is 3.69. The number of rotatable bonds is 6. The van der Waals surface area contributed by atoms with E-state index in [0.717, 1.165) is 6.07 Å². The number of aromatic nitrogens is 1. The normalized spacial score (nSPS) is 14.3. The SMILES string of the molecule is NCCS(=O)(=O)c1ccc(-c2cccc3nc(N)oc23)c(C2=NCN=N2)c1S(N)(=O)=O. The molecule has 3 aromatic rings. The minimum Gasteiger partial charge on any atom is -0.423 e. The number of hydrogen-bond donors (Lipinski definition) is 3. The summed E-state index contributed by atoms with van der Waals surface area (Å²) in [4.78, 5) is 7.03. The van der Waals surface area contributed by atoms with Crippen molar-refractivity contribution in [3.05, 3.63) is 35.9 Å². The Balaban J connectivity index is 2.16. The lowest BCUT2D eigenvalue weighted by atomic mass is 9.98. The maximum absolute atomic E-state index is 12.8. The van der Waals surface area contributed by atoms with Gasteiger partial charge in [-0.25, -0.2) is 27.0 Å². The number of amidine groups is 1. The van der Waals surface area contributed by atoms with Crippen LogP contribution in [-0.4, -0.2) is 46.6 Å². The molecule has 0 fully saturated rings. The molecule has 0 amide bonds. The molecule has 0 saturated heterocycles. The number of anilines is 1. The Morgan fingerprint density at radius 2 is 1.84 bits per heavy atom. The first kappa shape index (κ1) is 21.0. The molecule has 4 rings (SSSR count). The first-order valence-corrected chi connectivity index (χ1v) is 12.0. The van der Waals surface area contributed by atoms with Crippen molar-refractivity contribution in [3.8, 4) is 11.1 Å². The smallest absolute Gasteiger partial charge is 0.293 e. The van der Waals surface area contributed by atoms with Crippen molar-refractivity contribution in [1.82, 2.24) is 4.98 Å². The van der Waals surface area contributed by atoms with Gasteiger partial charge < -0.3 is 15.9 Å². The van der Waals surface area contributed by atoms with Crippen LogP contribution in [-0.2, 0) is 19.9 Å². The van der Waals surface area contributed by atoms with Crippen LogP contribution in [0.1, 0.15) is 5.56 Å². The van der Waals surface area contributed by atoms with Crippen LogP contribution in [0.15, 0.2) is 59.8 Å². The third-order valence-corrected chi connectivity index (χ3v) is 7.43. The van der Waals surface area contributed by atoms with Crippen molar-refractivity contribution in [3.63, 3.8) is 0 Å². The monoisotopic (exact) mass is 463 g/mol. The Bertz CT molecular complexity index is 1470. The Kier molecular flexibility index (Phi) is 5.09. The van der Waals surface area contributed by atoms with Gasteiger partial charge in [-0.15, -0.1) is 5.11 Å². The minimum atomic E-state index is -4.55. The standard InChI is InChI=1S/C17H17N7O5S2/c18-6-7-30(25,26)12-5-4-9(10-2-1-3-11-14(10)29-17(19)23-11)13(15(12)31(20,27)28)16-21-8-22-24-16/h1-5H,6-8,18H2,(H2,19,23)(H2,20,27,28). The van der Waals surface area contributed by atoms with E-state index in [1.54, 1.807) is 18.2 Å². The van der Waals surface area contributed by atoms with E-state index in [-0.39, 0.29) is 41.8 Å². The lowest BCUT2D eigenvalue weighted by Gasteiger charge is -2.16. The zero-order valence-electron chi connectivity index (χ0n) is 15.9. The highest BCUT2D eigenvalue weighted by Crippen LogP contribution is 2.38. The maximum Gasteiger partial charge on any atom is 0.293 e. The second kappa shape index (κ2) is 7.49. The quantitative estimate of drug-likeness (QED) is 0.470. The van der Waals surface area contributed by atoms with Gasteiger partial charge in [-0.1, -0.05) is 18.2 Å². The van der Waals surface area contributed by atoms with E-state index >= 15 is 0 Å². The average Bonchev–Trinajstić information content (AvgIpc) is 3.34. The number of fused-ring (bicyclic) bond motifs is 1. The zero-order valence-corrected chi connectivity index (χ0v) is 17.5. The van der Waals surface area contributed by atoms with Crippen molar-refractivity contribution in [1.29, 1.82) is 0 Å². The number of benzene rings is 2. The predicted molar refractivity (Wildman–Crippen MR) is 113 cm³/mol. The van der Waals surface area contributed by atoms with Crippen molar-refractivity contribution in [2.45, 2.75) is 9.79 Å². The van der Waals surface area contributed by atoms with Gasteiger partial charge in [-0.3, -0.25) is 0 Å². The number of nitrogen functional groups attached to an aromatic ring is 1. The van der Waals surface area contributed by atoms with Gasteiger partial charge in [0, 0.05) is 12.1 Å². The molecule has 1 aliphatic rings. The molecule has 6 N–H and O–H groups in total. The molecule has 0 spiro atoms. The Hall–Kier alpha value is -3.20. The summed E-state index contributed by atoms with van der Waals surface area (Å²) in [5.41, 5.74) is 12.3. The summed E-state index contributed by atoms with van der Waals surface area (Å²) >= 11 is 0. The number of sulfone groups is 1. The second-order valence-electron chi connectivity index (χ2n) is 6.54. The van der Waals surface area contributed by atoms with E-state index in [9.17, 15) is 16.8 Å². The highest BCUT2D eigenvalue weighted by Gasteiger charge is 2.32. The van der Waals surface area contributed by atoms with Crippen LogP contribution in [0.25, 0.3) is 22.2 Å². The van der Waals surface area contributed by atoms with Gasteiger partial charge in [-0.05, 0) is 17.7 Å². The fourth-order valence-electron chi connectivity index (χ4n) is 3.34. The molecule has 0 bridgehead atoms. The molecule has 1 aromatic heterocycles. The van der Waals surface area contributed by atoms with E-state index < -0.39 is 35.4 Å². The van der Waals surface area contributed by atoms with Crippen LogP contribution in [0.2, 0.25) is 0 Å². The van der Waals surface area contributed by atoms with Gasteiger partial charge >= 0.3 is 0 Å². The molecule has 31 heavy (non-hydrogen) atoms. The lowest BCUT2D eigenvalue weighted by Crippen LogP contribution is -2.24. The second-order valence-corrected chi connectivity index (χ2v) is 10.1. The van der Waals surface area contributed by atoms with Gasteiger partial charge in [0.1, 0.15) is 10.4 Å². The zero-order chi connectivity index (χ0) is 22.4. The van der Waals surface area contributed by atoms with Crippen LogP contribution in [0.4, 0.5) is 6.01 Å². The average molecular weight is 464 g/mol. The molecular weight excluding hydrogens is 446 g/mol. The molecule has 0 unspecified atom stereocenters. The van der Waals surface area contributed by atoms with Gasteiger partial charge in [0.25, 0.3) is 6.01 Å². The molecule has 1 aliphatic heterocycles. The van der Waals surface area contributed by atoms with Crippen LogP contribution in [0, 0.1) is 0 Å². The van der Waals surface area contributed by atoms with Crippen LogP contribution in [0.3, 0.4) is 0 Å². The van der Waals surface area contributed by atoms with Gasteiger partial charge in [-0.2, -0.15) is 10.1 Å². The lowest BCUT2D eigenvalue weighted by molar-refractivity contribution is 0.583. The summed E-state index contributed by atoms with van der Waals surface area (Å²) in [6, 6.07) is 7.46. The highest BCUT2D eigenvalue weighted by molar-refractivity contribution is 7.93. The molecule has 162 valence electrons. The number of sulfonamides is 1. The number of hydrogen-bond acceptors (Lipinski definition) is 11. The van der Waals surface area contributed by atoms with E-state index in [0.29, 0.717) is 11.1 Å². The van der Waals surface area contributed by atoms with Crippen LogP contribution >= 0.6 is 0 Å². The van der Waals surface area contributed by atoms with Crippen molar-refractivity contribution in [2.75, 3.05) is 24.7 Å². The molecule has 2 aromatic carbocycles. The first-order valence-electron chi connectivity index (χ1n) is 8.84. The molecule has 0 saturated carbocycles. The molecule has 12 nitrogen and oxygen atoms in total.